The summed E-state index contributed by atoms with van der Waals surface area (Å²) in [5, 5.41) is 19.9. The number of aliphatic hydroxyl groups is 2. The molecule has 2 heterocycles. The fraction of sp³-hybridized carbons (Fsp3) is 0.571. The summed E-state index contributed by atoms with van der Waals surface area (Å²) in [6, 6.07) is 0. The van der Waals surface area contributed by atoms with Gasteiger partial charge in [0.05, 0.1) is 12.2 Å². The molecule has 3 rings (SSSR count). The molecule has 6 nitrogen and oxygen atoms in total. The van der Waals surface area contributed by atoms with Crippen molar-refractivity contribution in [1.29, 1.82) is 0 Å². The minimum Gasteiger partial charge on any atom is -0.387 e. The first-order valence-electron chi connectivity index (χ1n) is 7.10. The number of benzene rings is 1. The molecule has 0 spiro atoms. The number of rotatable bonds is 2. The number of ether oxygens (including phenoxy) is 4. The molecule has 0 radical (unpaired) electrons. The summed E-state index contributed by atoms with van der Waals surface area (Å²) in [4.78, 5) is 0. The maximum atomic E-state index is 13.9. The summed E-state index contributed by atoms with van der Waals surface area (Å²) in [6.45, 7) is -0.404. The maximum Gasteiger partial charge on any atom is 0.200 e. The molecule has 2 saturated heterocycles. The van der Waals surface area contributed by atoms with E-state index in [1.165, 1.54) is 7.11 Å². The Morgan fingerprint density at radius 3 is 2.00 bits per heavy atom. The Bertz CT molecular complexity index is 643. The van der Waals surface area contributed by atoms with E-state index < -0.39 is 78.3 Å². The van der Waals surface area contributed by atoms with Gasteiger partial charge in [-0.1, -0.05) is 0 Å². The van der Waals surface area contributed by atoms with E-state index >= 15 is 0 Å². The lowest BCUT2D eigenvalue weighted by atomic mass is 9.98. The minimum atomic E-state index is -2.31. The average molecular weight is 372 g/mol. The van der Waals surface area contributed by atoms with Crippen LogP contribution in [0.2, 0.25) is 0 Å². The zero-order chi connectivity index (χ0) is 18.5. The van der Waals surface area contributed by atoms with Crippen LogP contribution >= 0.6 is 0 Å². The van der Waals surface area contributed by atoms with Crippen molar-refractivity contribution < 1.29 is 51.1 Å². The monoisotopic (exact) mass is 372 g/mol. The van der Waals surface area contributed by atoms with Crippen LogP contribution in [0.3, 0.4) is 0 Å². The van der Waals surface area contributed by atoms with Crippen molar-refractivity contribution in [3.05, 3.63) is 34.6 Å². The van der Waals surface area contributed by atoms with Crippen molar-refractivity contribution in [2.75, 3.05) is 13.7 Å². The number of hydrogen-bond donors (Lipinski definition) is 2. The lowest BCUT2D eigenvalue weighted by Gasteiger charge is -2.45. The predicted molar refractivity (Wildman–Crippen MR) is 67.5 cm³/mol. The topological polar surface area (TPSA) is 77.4 Å². The van der Waals surface area contributed by atoms with Gasteiger partial charge >= 0.3 is 0 Å². The van der Waals surface area contributed by atoms with E-state index in [0.29, 0.717) is 0 Å². The zero-order valence-electron chi connectivity index (χ0n) is 12.6. The number of fused-ring (bicyclic) bond motifs is 1. The largest absolute Gasteiger partial charge is 0.387 e. The van der Waals surface area contributed by atoms with Crippen LogP contribution in [-0.2, 0) is 18.9 Å². The highest BCUT2D eigenvalue weighted by atomic mass is 19.2. The molecule has 25 heavy (non-hydrogen) atoms. The fourth-order valence-corrected chi connectivity index (χ4v) is 2.75. The Kier molecular flexibility index (Phi) is 4.97. The highest BCUT2D eigenvalue weighted by molar-refractivity contribution is 5.25. The first kappa shape index (κ1) is 18.4. The molecule has 2 aliphatic rings. The number of aliphatic hydroxyl groups excluding tert-OH is 2. The normalized spacial score (nSPS) is 35.5. The predicted octanol–water partition coefficient (Wildman–Crippen LogP) is 0.889. The Hall–Kier alpha value is -1.37. The summed E-state index contributed by atoms with van der Waals surface area (Å²) >= 11 is 0. The summed E-state index contributed by atoms with van der Waals surface area (Å²) in [6.07, 6.45) is -8.67. The van der Waals surface area contributed by atoms with Gasteiger partial charge in [-0.15, -0.1) is 0 Å². The Labute approximate surface area is 137 Å². The second-order valence-electron chi connectivity index (χ2n) is 5.51. The van der Waals surface area contributed by atoms with Crippen molar-refractivity contribution in [3.63, 3.8) is 0 Å². The van der Waals surface area contributed by atoms with E-state index in [-0.39, 0.29) is 0 Å². The van der Waals surface area contributed by atoms with Crippen LogP contribution in [0.5, 0.6) is 0 Å². The van der Waals surface area contributed by atoms with Gasteiger partial charge < -0.3 is 29.2 Å². The highest BCUT2D eigenvalue weighted by Crippen LogP contribution is 2.37. The van der Waals surface area contributed by atoms with Gasteiger partial charge in [-0.05, 0) is 0 Å². The van der Waals surface area contributed by atoms with Crippen molar-refractivity contribution in [2.45, 2.75) is 37.0 Å². The van der Waals surface area contributed by atoms with Gasteiger partial charge in [-0.2, -0.15) is 0 Å². The molecule has 1 aromatic carbocycles. The van der Waals surface area contributed by atoms with E-state index in [4.69, 9.17) is 18.9 Å². The minimum absolute atomic E-state index is 0.404. The fourth-order valence-electron chi connectivity index (χ4n) is 2.75. The lowest BCUT2D eigenvalue weighted by molar-refractivity contribution is -0.358. The molecule has 2 aliphatic heterocycles. The van der Waals surface area contributed by atoms with Gasteiger partial charge in [0.25, 0.3) is 0 Å². The van der Waals surface area contributed by atoms with Crippen molar-refractivity contribution >= 4 is 0 Å². The lowest BCUT2D eigenvalue weighted by Crippen LogP contribution is -2.62. The van der Waals surface area contributed by atoms with E-state index in [1.54, 1.807) is 0 Å². The Balaban J connectivity index is 1.91. The first-order chi connectivity index (χ1) is 11.8. The van der Waals surface area contributed by atoms with Crippen molar-refractivity contribution in [1.82, 2.24) is 0 Å². The SMILES string of the molecule is CO[C@H]1O[C@@H]2COC(c3c(F)c(F)c(F)c(F)c3F)O[C@@H]2[C@H](O)[C@H]1O. The molecule has 0 aliphatic carbocycles. The third-order valence-electron chi connectivity index (χ3n) is 4.05. The van der Waals surface area contributed by atoms with Crippen LogP contribution in [0.4, 0.5) is 22.0 Å². The van der Waals surface area contributed by atoms with Gasteiger partial charge in [0.1, 0.15) is 24.4 Å². The molecular weight excluding hydrogens is 359 g/mol. The highest BCUT2D eigenvalue weighted by Gasteiger charge is 2.50. The molecule has 0 amide bonds. The van der Waals surface area contributed by atoms with Gasteiger partial charge in [-0.3, -0.25) is 0 Å². The van der Waals surface area contributed by atoms with Gasteiger partial charge in [0.15, 0.2) is 35.8 Å². The smallest absolute Gasteiger partial charge is 0.200 e. The summed E-state index contributed by atoms with van der Waals surface area (Å²) < 4.78 is 87.6. The quantitative estimate of drug-likeness (QED) is 0.456. The maximum absolute atomic E-state index is 13.9. The van der Waals surface area contributed by atoms with Crippen LogP contribution in [0.15, 0.2) is 0 Å². The summed E-state index contributed by atoms with van der Waals surface area (Å²) in [5.41, 5.74) is -1.33. The Morgan fingerprint density at radius 2 is 1.44 bits per heavy atom. The molecule has 0 bridgehead atoms. The average Bonchev–Trinajstić information content (AvgIpc) is 2.61. The van der Waals surface area contributed by atoms with E-state index in [1.807, 2.05) is 0 Å². The molecule has 1 aromatic rings. The van der Waals surface area contributed by atoms with E-state index in [0.717, 1.165) is 0 Å². The number of halogens is 5. The Morgan fingerprint density at radius 1 is 0.880 bits per heavy atom. The van der Waals surface area contributed by atoms with E-state index in [2.05, 4.69) is 0 Å². The van der Waals surface area contributed by atoms with Crippen LogP contribution in [-0.4, -0.2) is 54.6 Å². The molecule has 2 fully saturated rings. The number of methoxy groups -OCH3 is 1. The summed E-state index contributed by atoms with van der Waals surface area (Å²) in [7, 11) is 1.21. The van der Waals surface area contributed by atoms with Gasteiger partial charge in [0.2, 0.25) is 5.82 Å². The molecular formula is C14H13F5O6. The van der Waals surface area contributed by atoms with Gasteiger partial charge in [0, 0.05) is 7.11 Å². The first-order valence-corrected chi connectivity index (χ1v) is 7.10. The number of hydrogen-bond acceptors (Lipinski definition) is 6. The van der Waals surface area contributed by atoms with Crippen molar-refractivity contribution in [3.8, 4) is 0 Å². The van der Waals surface area contributed by atoms with Crippen LogP contribution in [0, 0.1) is 29.1 Å². The third kappa shape index (κ3) is 2.90. The zero-order valence-corrected chi connectivity index (χ0v) is 12.6. The molecule has 6 atom stereocenters. The van der Waals surface area contributed by atoms with Crippen LogP contribution < -0.4 is 0 Å². The molecule has 11 heteroatoms. The van der Waals surface area contributed by atoms with Gasteiger partial charge in [-0.25, -0.2) is 22.0 Å². The molecule has 0 saturated carbocycles. The van der Waals surface area contributed by atoms with E-state index in [9.17, 15) is 32.2 Å². The summed E-state index contributed by atoms with van der Waals surface area (Å²) in [5.74, 6) is -10.8. The molecule has 0 aromatic heterocycles. The third-order valence-corrected chi connectivity index (χ3v) is 4.05. The standard InChI is InChI=1S/C14H13F5O6/c1-22-14-11(21)10(20)12-3(24-14)2-23-13(25-12)4-5(15)7(17)9(19)8(18)6(4)16/h3,10-14,20-21H,2H2,1H3/t3-,10-,11-,12+,13?,14+/m1/s1. The second kappa shape index (κ2) is 6.74. The second-order valence-corrected chi connectivity index (χ2v) is 5.51. The molecule has 2 N–H and O–H groups in total. The van der Waals surface area contributed by atoms with Crippen LogP contribution in [0.1, 0.15) is 11.9 Å². The van der Waals surface area contributed by atoms with Crippen LogP contribution in [0.25, 0.3) is 0 Å². The molecule has 1 unspecified atom stereocenters. The molecule has 140 valence electrons. The van der Waals surface area contributed by atoms with Crippen molar-refractivity contribution in [2.24, 2.45) is 0 Å².